The minimum absolute atomic E-state index is 0.206. The summed E-state index contributed by atoms with van der Waals surface area (Å²) >= 11 is 5.75. The largest absolute Gasteiger partial charge is 0.419 e. The van der Waals surface area contributed by atoms with Crippen molar-refractivity contribution in [2.24, 2.45) is 0 Å². The highest BCUT2D eigenvalue weighted by Crippen LogP contribution is 2.28. The van der Waals surface area contributed by atoms with Gasteiger partial charge in [0, 0.05) is 6.20 Å². The summed E-state index contributed by atoms with van der Waals surface area (Å²) in [5, 5.41) is 4.07. The van der Waals surface area contributed by atoms with Gasteiger partial charge in [0.15, 0.2) is 0 Å². The topological polar surface area (TPSA) is 43.8 Å². The number of rotatable bonds is 2. The normalized spacial score (nSPS) is 11.8. The summed E-state index contributed by atoms with van der Waals surface area (Å²) in [7, 11) is 0. The number of benzene rings is 1. The van der Waals surface area contributed by atoms with Gasteiger partial charge in [0.2, 0.25) is 0 Å². The monoisotopic (exact) mass is 275 g/mol. The summed E-state index contributed by atoms with van der Waals surface area (Å²) < 4.78 is 38.3. The van der Waals surface area contributed by atoms with Gasteiger partial charge < -0.3 is 5.73 Å². The molecule has 0 atom stereocenters. The summed E-state index contributed by atoms with van der Waals surface area (Å²) in [6.45, 7) is 0.206. The van der Waals surface area contributed by atoms with Crippen molar-refractivity contribution in [2.45, 2.75) is 12.7 Å². The molecule has 0 unspecified atom stereocenters. The fourth-order valence-corrected chi connectivity index (χ4v) is 1.59. The van der Waals surface area contributed by atoms with Gasteiger partial charge in [-0.2, -0.15) is 18.3 Å². The van der Waals surface area contributed by atoms with E-state index in [4.69, 9.17) is 17.3 Å². The first-order valence-electron chi connectivity index (χ1n) is 5.00. The lowest BCUT2D eigenvalue weighted by Crippen LogP contribution is -2.04. The van der Waals surface area contributed by atoms with Crippen molar-refractivity contribution in [3.05, 3.63) is 46.7 Å². The number of nitrogen functional groups attached to an aromatic ring is 1. The Morgan fingerprint density at radius 2 is 2.06 bits per heavy atom. The fraction of sp³-hybridized carbons (Fsp3) is 0.182. The number of nitrogens with two attached hydrogens (primary N) is 1. The van der Waals surface area contributed by atoms with Crippen LogP contribution in [-0.2, 0) is 12.7 Å². The number of aromatic nitrogens is 2. The van der Waals surface area contributed by atoms with E-state index in [1.54, 1.807) is 18.2 Å². The van der Waals surface area contributed by atoms with Gasteiger partial charge in [-0.1, -0.05) is 17.7 Å². The van der Waals surface area contributed by atoms with Crippen LogP contribution in [0.1, 0.15) is 11.1 Å². The quantitative estimate of drug-likeness (QED) is 0.856. The Bertz CT molecular complexity index is 563. The van der Waals surface area contributed by atoms with Gasteiger partial charge in [0.25, 0.3) is 0 Å². The van der Waals surface area contributed by atoms with Crippen molar-refractivity contribution in [1.82, 2.24) is 9.78 Å². The van der Waals surface area contributed by atoms with Crippen molar-refractivity contribution in [1.29, 1.82) is 0 Å². The Labute approximate surface area is 106 Å². The van der Waals surface area contributed by atoms with Crippen LogP contribution < -0.4 is 5.73 Å². The Morgan fingerprint density at radius 1 is 1.33 bits per heavy atom. The highest BCUT2D eigenvalue weighted by molar-refractivity contribution is 6.33. The third kappa shape index (κ3) is 2.76. The van der Waals surface area contributed by atoms with Crippen LogP contribution in [0.5, 0.6) is 0 Å². The smallest absolute Gasteiger partial charge is 0.398 e. The van der Waals surface area contributed by atoms with Gasteiger partial charge in [0.1, 0.15) is 0 Å². The first kappa shape index (κ1) is 12.8. The minimum atomic E-state index is -4.38. The van der Waals surface area contributed by atoms with E-state index < -0.39 is 11.7 Å². The van der Waals surface area contributed by atoms with Gasteiger partial charge >= 0.3 is 6.18 Å². The summed E-state index contributed by atoms with van der Waals surface area (Å²) in [5.41, 5.74) is 5.95. The lowest BCUT2D eigenvalue weighted by molar-refractivity contribution is -0.137. The molecular formula is C11H9ClF3N3. The first-order valence-corrected chi connectivity index (χ1v) is 5.37. The first-order chi connectivity index (χ1) is 8.36. The second kappa shape index (κ2) is 4.53. The molecule has 18 heavy (non-hydrogen) atoms. The van der Waals surface area contributed by atoms with E-state index in [-0.39, 0.29) is 6.54 Å². The maximum Gasteiger partial charge on any atom is 0.419 e. The Balaban J connectivity index is 2.19. The molecule has 0 aliphatic rings. The van der Waals surface area contributed by atoms with E-state index in [1.165, 1.54) is 4.68 Å². The maximum atomic E-state index is 12.4. The molecule has 7 heteroatoms. The lowest BCUT2D eigenvalue weighted by Gasteiger charge is -2.05. The molecule has 3 nitrogen and oxygen atoms in total. The average Bonchev–Trinajstić information content (AvgIpc) is 2.72. The Kier molecular flexibility index (Phi) is 3.21. The molecule has 0 aliphatic heterocycles. The van der Waals surface area contributed by atoms with E-state index in [9.17, 15) is 13.2 Å². The summed E-state index contributed by atoms with van der Waals surface area (Å²) in [4.78, 5) is 0. The van der Waals surface area contributed by atoms with Crippen LogP contribution in [0.3, 0.4) is 0 Å². The number of nitrogens with zero attached hydrogens (tertiary/aromatic N) is 2. The third-order valence-electron chi connectivity index (χ3n) is 2.37. The molecule has 0 spiro atoms. The zero-order chi connectivity index (χ0) is 13.3. The molecule has 0 radical (unpaired) electrons. The van der Waals surface area contributed by atoms with Gasteiger partial charge in [-0.05, 0) is 17.7 Å². The molecule has 0 bridgehead atoms. The van der Waals surface area contributed by atoms with Crippen molar-refractivity contribution in [2.75, 3.05) is 5.73 Å². The van der Waals surface area contributed by atoms with E-state index in [1.807, 2.05) is 0 Å². The van der Waals surface area contributed by atoms with Crippen LogP contribution in [0.25, 0.3) is 0 Å². The van der Waals surface area contributed by atoms with Crippen LogP contribution in [0.15, 0.2) is 30.6 Å². The van der Waals surface area contributed by atoms with Crippen LogP contribution in [0.2, 0.25) is 5.02 Å². The molecule has 0 fully saturated rings. The number of anilines is 1. The Morgan fingerprint density at radius 3 is 2.61 bits per heavy atom. The van der Waals surface area contributed by atoms with E-state index in [0.717, 1.165) is 18.0 Å². The number of halogens is 4. The molecule has 0 amide bonds. The molecule has 2 N–H and O–H groups in total. The number of alkyl halides is 3. The highest BCUT2D eigenvalue weighted by atomic mass is 35.5. The van der Waals surface area contributed by atoms with Gasteiger partial charge in [0.05, 0.1) is 29.0 Å². The molecule has 96 valence electrons. The van der Waals surface area contributed by atoms with Crippen molar-refractivity contribution in [3.63, 3.8) is 0 Å². The minimum Gasteiger partial charge on any atom is -0.398 e. The average molecular weight is 276 g/mol. The molecule has 0 aliphatic carbocycles. The zero-order valence-electron chi connectivity index (χ0n) is 9.08. The molecule has 0 saturated heterocycles. The maximum absolute atomic E-state index is 12.4. The SMILES string of the molecule is Nc1cc(Cn2cc(C(F)(F)F)cn2)ccc1Cl. The Hall–Kier alpha value is -1.69. The molecule has 1 aromatic carbocycles. The van der Waals surface area contributed by atoms with Crippen LogP contribution in [-0.4, -0.2) is 9.78 Å². The van der Waals surface area contributed by atoms with Crippen LogP contribution >= 0.6 is 11.6 Å². The summed E-state index contributed by atoms with van der Waals surface area (Å²) in [5.74, 6) is 0. The standard InChI is InChI=1S/C11H9ClF3N3/c12-9-2-1-7(3-10(9)16)5-18-6-8(4-17-18)11(13,14)15/h1-4,6H,5,16H2. The van der Waals surface area contributed by atoms with Crippen molar-refractivity contribution < 1.29 is 13.2 Å². The fourth-order valence-electron chi connectivity index (χ4n) is 1.48. The second-order valence-electron chi connectivity index (χ2n) is 3.78. The predicted octanol–water partition coefficient (Wildman–Crippen LogP) is 3.19. The van der Waals surface area contributed by atoms with E-state index >= 15 is 0 Å². The molecule has 0 saturated carbocycles. The summed E-state index contributed by atoms with van der Waals surface area (Å²) in [6, 6.07) is 4.89. The van der Waals surface area contributed by atoms with E-state index in [2.05, 4.69) is 5.10 Å². The van der Waals surface area contributed by atoms with Crippen molar-refractivity contribution >= 4 is 17.3 Å². The zero-order valence-corrected chi connectivity index (χ0v) is 9.83. The number of hydrogen-bond acceptors (Lipinski definition) is 2. The molecular weight excluding hydrogens is 267 g/mol. The van der Waals surface area contributed by atoms with E-state index in [0.29, 0.717) is 10.7 Å². The molecule has 1 aromatic heterocycles. The third-order valence-corrected chi connectivity index (χ3v) is 2.71. The van der Waals surface area contributed by atoms with Crippen molar-refractivity contribution in [3.8, 4) is 0 Å². The predicted molar refractivity (Wildman–Crippen MR) is 62.2 cm³/mol. The highest BCUT2D eigenvalue weighted by Gasteiger charge is 2.32. The molecule has 2 rings (SSSR count). The molecule has 2 aromatic rings. The van der Waals surface area contributed by atoms with Gasteiger partial charge in [-0.25, -0.2) is 0 Å². The van der Waals surface area contributed by atoms with Gasteiger partial charge in [-0.3, -0.25) is 4.68 Å². The number of hydrogen-bond donors (Lipinski definition) is 1. The summed E-state index contributed by atoms with van der Waals surface area (Å²) in [6.07, 6.45) is -2.64. The van der Waals surface area contributed by atoms with Crippen LogP contribution in [0, 0.1) is 0 Å². The van der Waals surface area contributed by atoms with Crippen LogP contribution in [0.4, 0.5) is 18.9 Å². The second-order valence-corrected chi connectivity index (χ2v) is 4.19. The van der Waals surface area contributed by atoms with Gasteiger partial charge in [-0.15, -0.1) is 0 Å². The molecule has 1 heterocycles. The lowest BCUT2D eigenvalue weighted by atomic mass is 10.2.